The molecule has 1 nitrogen and oxygen atoms in total. The molecular formula is C7H11O. The van der Waals surface area contributed by atoms with Crippen LogP contribution in [0.5, 0.6) is 0 Å². The molecule has 2 bridgehead atoms. The zero-order chi connectivity index (χ0) is 5.61. The molecule has 0 aromatic heterocycles. The average Bonchev–Trinajstić information content (AvgIpc) is 2.21. The number of hydrogen-bond donors (Lipinski definition) is 0. The molecule has 1 radical (unpaired) electrons. The first-order valence-corrected chi connectivity index (χ1v) is 3.26. The number of rotatable bonds is 0. The summed E-state index contributed by atoms with van der Waals surface area (Å²) in [6.45, 7) is 3.17. The molecule has 1 heterocycles. The van der Waals surface area contributed by atoms with Gasteiger partial charge >= 0.3 is 0 Å². The summed E-state index contributed by atoms with van der Waals surface area (Å²) in [6.07, 6.45) is 3.84. The fourth-order valence-electron chi connectivity index (χ4n) is 1.67. The molecular weight excluding hydrogens is 100 g/mol. The van der Waals surface area contributed by atoms with Crippen LogP contribution >= 0.6 is 0 Å². The minimum Gasteiger partial charge on any atom is -0.375 e. The Morgan fingerprint density at radius 2 is 2.50 bits per heavy atom. The van der Waals surface area contributed by atoms with Crippen molar-refractivity contribution >= 4 is 0 Å². The first-order valence-electron chi connectivity index (χ1n) is 3.26. The van der Waals surface area contributed by atoms with Gasteiger partial charge in [-0.05, 0) is 26.2 Å². The van der Waals surface area contributed by atoms with Crippen LogP contribution in [0.4, 0.5) is 0 Å². The van der Waals surface area contributed by atoms with Crippen LogP contribution in [0.3, 0.4) is 0 Å². The van der Waals surface area contributed by atoms with Gasteiger partial charge in [-0.25, -0.2) is 0 Å². The summed E-state index contributed by atoms with van der Waals surface area (Å²) in [5, 5.41) is 0. The third-order valence-electron chi connectivity index (χ3n) is 2.26. The summed E-state index contributed by atoms with van der Waals surface area (Å²) in [4.78, 5) is 0. The number of fused-ring (bicyclic) bond motifs is 2. The summed E-state index contributed by atoms with van der Waals surface area (Å²) in [5.41, 5.74) is 0.273. The Bertz CT molecular complexity index is 101. The van der Waals surface area contributed by atoms with Crippen LogP contribution in [0.2, 0.25) is 0 Å². The average molecular weight is 111 g/mol. The largest absolute Gasteiger partial charge is 0.375 e. The van der Waals surface area contributed by atoms with E-state index in [9.17, 15) is 0 Å². The van der Waals surface area contributed by atoms with Crippen molar-refractivity contribution in [3.8, 4) is 0 Å². The first kappa shape index (κ1) is 4.80. The Hall–Kier alpha value is -0.0400. The second-order valence-electron chi connectivity index (χ2n) is 3.17. The highest BCUT2D eigenvalue weighted by molar-refractivity contribution is 5.10. The molecule has 0 unspecified atom stereocenters. The zero-order valence-electron chi connectivity index (χ0n) is 5.24. The van der Waals surface area contributed by atoms with Gasteiger partial charge in [0, 0.05) is 5.92 Å². The van der Waals surface area contributed by atoms with Gasteiger partial charge in [-0.3, -0.25) is 0 Å². The Morgan fingerprint density at radius 3 is 2.62 bits per heavy atom. The third kappa shape index (κ3) is 0.510. The van der Waals surface area contributed by atoms with Crippen LogP contribution in [0.25, 0.3) is 0 Å². The topological polar surface area (TPSA) is 9.23 Å². The fourth-order valence-corrected chi connectivity index (χ4v) is 1.67. The lowest BCUT2D eigenvalue weighted by atomic mass is 10.1. The van der Waals surface area contributed by atoms with E-state index in [2.05, 4.69) is 6.92 Å². The van der Waals surface area contributed by atoms with Crippen LogP contribution in [0.15, 0.2) is 0 Å². The number of ether oxygens (including phenoxy) is 1. The van der Waals surface area contributed by atoms with Crippen molar-refractivity contribution in [2.24, 2.45) is 0 Å². The lowest BCUT2D eigenvalue weighted by molar-refractivity contribution is 0.00679. The van der Waals surface area contributed by atoms with E-state index >= 15 is 0 Å². The molecule has 0 amide bonds. The van der Waals surface area contributed by atoms with Gasteiger partial charge < -0.3 is 4.74 Å². The lowest BCUT2D eigenvalue weighted by Crippen LogP contribution is -2.20. The minimum atomic E-state index is 0.273. The van der Waals surface area contributed by atoms with E-state index < -0.39 is 0 Å². The molecule has 2 aliphatic rings. The maximum absolute atomic E-state index is 5.50. The monoisotopic (exact) mass is 111 g/mol. The van der Waals surface area contributed by atoms with Gasteiger partial charge in [0.05, 0.1) is 12.2 Å². The molecule has 1 heteroatoms. The Morgan fingerprint density at radius 1 is 1.62 bits per heavy atom. The van der Waals surface area contributed by atoms with E-state index in [4.69, 9.17) is 4.74 Å². The smallest absolute Gasteiger partial charge is 0.0661 e. The van der Waals surface area contributed by atoms with Gasteiger partial charge in [-0.1, -0.05) is 0 Å². The first-order chi connectivity index (χ1) is 3.79. The van der Waals surface area contributed by atoms with Crippen LogP contribution in [0.1, 0.15) is 26.2 Å². The lowest BCUT2D eigenvalue weighted by Gasteiger charge is -2.20. The maximum Gasteiger partial charge on any atom is 0.0661 e. The SMILES string of the molecule is C[C@@]12CC[C](CO1)C2. The van der Waals surface area contributed by atoms with Crippen molar-refractivity contribution in [3.63, 3.8) is 0 Å². The molecule has 1 saturated heterocycles. The highest BCUT2D eigenvalue weighted by Crippen LogP contribution is 2.44. The second-order valence-corrected chi connectivity index (χ2v) is 3.17. The molecule has 45 valence electrons. The fraction of sp³-hybridized carbons (Fsp3) is 0.857. The van der Waals surface area contributed by atoms with Crippen molar-refractivity contribution in [1.29, 1.82) is 0 Å². The summed E-state index contributed by atoms with van der Waals surface area (Å²) in [6, 6.07) is 0. The van der Waals surface area contributed by atoms with Crippen LogP contribution < -0.4 is 0 Å². The Labute approximate surface area is 50.0 Å². The van der Waals surface area contributed by atoms with Crippen molar-refractivity contribution in [1.82, 2.24) is 0 Å². The Kier molecular flexibility index (Phi) is 0.762. The van der Waals surface area contributed by atoms with Crippen LogP contribution in [-0.4, -0.2) is 12.2 Å². The van der Waals surface area contributed by atoms with Crippen molar-refractivity contribution in [2.75, 3.05) is 6.61 Å². The summed E-state index contributed by atoms with van der Waals surface area (Å²) < 4.78 is 5.50. The molecule has 0 N–H and O–H groups in total. The van der Waals surface area contributed by atoms with Gasteiger partial charge in [-0.15, -0.1) is 0 Å². The highest BCUT2D eigenvalue weighted by Gasteiger charge is 2.42. The summed E-state index contributed by atoms with van der Waals surface area (Å²) in [7, 11) is 0. The van der Waals surface area contributed by atoms with Gasteiger partial charge in [0.15, 0.2) is 0 Å². The van der Waals surface area contributed by atoms with Gasteiger partial charge in [0.2, 0.25) is 0 Å². The quantitative estimate of drug-likeness (QED) is 0.460. The molecule has 1 saturated carbocycles. The molecule has 2 rings (SSSR count). The normalized spacial score (nSPS) is 46.1. The predicted molar refractivity (Wildman–Crippen MR) is 31.5 cm³/mol. The molecule has 2 fully saturated rings. The highest BCUT2D eigenvalue weighted by atomic mass is 16.5. The van der Waals surface area contributed by atoms with Crippen molar-refractivity contribution in [2.45, 2.75) is 31.8 Å². The van der Waals surface area contributed by atoms with E-state index in [1.165, 1.54) is 19.3 Å². The number of hydrogen-bond acceptors (Lipinski definition) is 1. The predicted octanol–water partition coefficient (Wildman–Crippen LogP) is 1.53. The van der Waals surface area contributed by atoms with Crippen molar-refractivity contribution in [3.05, 3.63) is 5.92 Å². The molecule has 1 aliphatic carbocycles. The zero-order valence-corrected chi connectivity index (χ0v) is 5.24. The molecule has 1 aliphatic heterocycles. The third-order valence-corrected chi connectivity index (χ3v) is 2.26. The van der Waals surface area contributed by atoms with Gasteiger partial charge in [0.25, 0.3) is 0 Å². The molecule has 8 heavy (non-hydrogen) atoms. The van der Waals surface area contributed by atoms with Crippen molar-refractivity contribution < 1.29 is 4.74 Å². The summed E-state index contributed by atoms with van der Waals surface area (Å²) >= 11 is 0. The molecule has 0 spiro atoms. The molecule has 0 aromatic carbocycles. The Balaban J connectivity index is 2.19. The van der Waals surface area contributed by atoms with E-state index in [1.807, 2.05) is 0 Å². The molecule has 1 atom stereocenters. The van der Waals surface area contributed by atoms with Crippen LogP contribution in [0, 0.1) is 5.92 Å². The standard InChI is InChI=1S/C7H11O/c1-7-3-2-6(4-7)5-8-7/h2-5H2,1H3/t7-/m0/s1. The van der Waals surface area contributed by atoms with Gasteiger partial charge in [0.1, 0.15) is 0 Å². The second kappa shape index (κ2) is 1.27. The van der Waals surface area contributed by atoms with Gasteiger partial charge in [-0.2, -0.15) is 0 Å². The summed E-state index contributed by atoms with van der Waals surface area (Å²) in [5.74, 6) is 1.63. The maximum atomic E-state index is 5.50. The van der Waals surface area contributed by atoms with Crippen LogP contribution in [-0.2, 0) is 4.74 Å². The van der Waals surface area contributed by atoms with E-state index in [-0.39, 0.29) is 5.60 Å². The molecule has 0 aromatic rings. The van der Waals surface area contributed by atoms with E-state index in [1.54, 1.807) is 5.92 Å². The van der Waals surface area contributed by atoms with E-state index in [0.717, 1.165) is 6.61 Å². The van der Waals surface area contributed by atoms with E-state index in [0.29, 0.717) is 0 Å². The minimum absolute atomic E-state index is 0.273.